The molecule has 0 spiro atoms. The second kappa shape index (κ2) is 5.30. The number of hydrogen-bond donors (Lipinski definition) is 0. The van der Waals surface area contributed by atoms with Gasteiger partial charge in [-0.05, 0) is 18.1 Å². The van der Waals surface area contributed by atoms with Crippen LogP contribution in [0.15, 0.2) is 24.3 Å². The van der Waals surface area contributed by atoms with E-state index in [2.05, 4.69) is 4.74 Å². The Morgan fingerprint density at radius 3 is 2.50 bits per heavy atom. The van der Waals surface area contributed by atoms with E-state index < -0.39 is 11.9 Å². The van der Waals surface area contributed by atoms with E-state index in [4.69, 9.17) is 0 Å². The van der Waals surface area contributed by atoms with Crippen LogP contribution in [0.4, 0.5) is 0 Å². The molecule has 1 rings (SSSR count). The average molecular weight is 221 g/mol. The van der Waals surface area contributed by atoms with Crippen LogP contribution in [0.1, 0.15) is 11.1 Å². The summed E-state index contributed by atoms with van der Waals surface area (Å²) in [5, 5.41) is 0. The minimum atomic E-state index is -0.837. The Labute approximate surface area is 94.8 Å². The van der Waals surface area contributed by atoms with Crippen molar-refractivity contribution in [1.29, 1.82) is 0 Å². The highest BCUT2D eigenvalue weighted by molar-refractivity contribution is 6.32. The van der Waals surface area contributed by atoms with Crippen LogP contribution < -0.4 is 0 Å². The molecule has 0 saturated carbocycles. The lowest BCUT2D eigenvalue weighted by Gasteiger charge is -2.16. The molecule has 4 heteroatoms. The predicted octanol–water partition coefficient (Wildman–Crippen LogP) is 1.13. The van der Waals surface area contributed by atoms with Crippen molar-refractivity contribution in [1.82, 2.24) is 4.90 Å². The van der Waals surface area contributed by atoms with Crippen molar-refractivity contribution in [2.24, 2.45) is 0 Å². The van der Waals surface area contributed by atoms with Gasteiger partial charge in [-0.25, -0.2) is 4.79 Å². The zero-order valence-corrected chi connectivity index (χ0v) is 9.69. The molecule has 0 atom stereocenters. The van der Waals surface area contributed by atoms with E-state index in [0.717, 1.165) is 11.1 Å². The minimum Gasteiger partial charge on any atom is -0.462 e. The summed E-state index contributed by atoms with van der Waals surface area (Å²) in [7, 11) is 2.77. The number of carbonyl (C=O) groups excluding carboxylic acids is 2. The Balaban J connectivity index is 2.72. The van der Waals surface area contributed by atoms with Crippen molar-refractivity contribution in [2.75, 3.05) is 14.2 Å². The van der Waals surface area contributed by atoms with Crippen LogP contribution in [0.25, 0.3) is 0 Å². The van der Waals surface area contributed by atoms with Crippen molar-refractivity contribution >= 4 is 11.9 Å². The molecule has 0 aliphatic heterocycles. The molecule has 1 aromatic rings. The number of benzene rings is 1. The molecule has 0 radical (unpaired) electrons. The normalized spacial score (nSPS) is 9.69. The largest absolute Gasteiger partial charge is 0.462 e. The molecule has 4 nitrogen and oxygen atoms in total. The van der Waals surface area contributed by atoms with E-state index in [9.17, 15) is 9.59 Å². The van der Waals surface area contributed by atoms with E-state index in [1.54, 1.807) is 7.05 Å². The number of methoxy groups -OCH3 is 1. The van der Waals surface area contributed by atoms with Crippen LogP contribution in [0.2, 0.25) is 0 Å². The SMILES string of the molecule is COC(=O)C(=O)N(C)Cc1ccccc1C. The number of hydrogen-bond acceptors (Lipinski definition) is 3. The second-order valence-electron chi connectivity index (χ2n) is 3.58. The van der Waals surface area contributed by atoms with Crippen molar-refractivity contribution in [2.45, 2.75) is 13.5 Å². The van der Waals surface area contributed by atoms with Gasteiger partial charge in [0, 0.05) is 13.6 Å². The summed E-state index contributed by atoms with van der Waals surface area (Å²) in [5.74, 6) is -1.47. The maximum absolute atomic E-state index is 11.4. The molecule has 0 saturated heterocycles. The quantitative estimate of drug-likeness (QED) is 0.555. The van der Waals surface area contributed by atoms with Crippen LogP contribution in [0.5, 0.6) is 0 Å². The average Bonchev–Trinajstić information content (AvgIpc) is 2.30. The monoisotopic (exact) mass is 221 g/mol. The van der Waals surface area contributed by atoms with E-state index >= 15 is 0 Å². The second-order valence-corrected chi connectivity index (χ2v) is 3.58. The molecule has 0 fully saturated rings. The van der Waals surface area contributed by atoms with Gasteiger partial charge < -0.3 is 9.64 Å². The van der Waals surface area contributed by atoms with Gasteiger partial charge >= 0.3 is 11.9 Å². The number of carbonyl (C=O) groups is 2. The molecule has 0 bridgehead atoms. The molecule has 0 N–H and O–H groups in total. The number of ether oxygens (including phenoxy) is 1. The Morgan fingerprint density at radius 2 is 1.94 bits per heavy atom. The van der Waals surface area contributed by atoms with Crippen molar-refractivity contribution in [3.63, 3.8) is 0 Å². The first kappa shape index (κ1) is 12.2. The molecule has 0 aliphatic carbocycles. The van der Waals surface area contributed by atoms with Gasteiger partial charge in [0.2, 0.25) is 0 Å². The summed E-state index contributed by atoms with van der Waals surface area (Å²) >= 11 is 0. The third kappa shape index (κ3) is 2.82. The first-order chi connectivity index (χ1) is 7.56. The lowest BCUT2D eigenvalue weighted by atomic mass is 10.1. The topological polar surface area (TPSA) is 46.6 Å². The fraction of sp³-hybridized carbons (Fsp3) is 0.333. The van der Waals surface area contributed by atoms with Gasteiger partial charge in [0.05, 0.1) is 7.11 Å². The molecule has 0 aromatic heterocycles. The van der Waals surface area contributed by atoms with Gasteiger partial charge in [0.1, 0.15) is 0 Å². The van der Waals surface area contributed by atoms with Gasteiger partial charge in [0.15, 0.2) is 0 Å². The third-order valence-electron chi connectivity index (χ3n) is 2.38. The smallest absolute Gasteiger partial charge is 0.396 e. The van der Waals surface area contributed by atoms with Crippen molar-refractivity contribution < 1.29 is 14.3 Å². The molecule has 0 aliphatic rings. The molecular weight excluding hydrogens is 206 g/mol. The van der Waals surface area contributed by atoms with Crippen LogP contribution in [-0.2, 0) is 20.9 Å². The minimum absolute atomic E-state index is 0.403. The van der Waals surface area contributed by atoms with Crippen LogP contribution in [0, 0.1) is 6.92 Å². The number of amides is 1. The molecule has 0 unspecified atom stereocenters. The summed E-state index contributed by atoms with van der Waals surface area (Å²) in [6.45, 7) is 2.37. The molecule has 1 aromatic carbocycles. The highest BCUT2D eigenvalue weighted by Gasteiger charge is 2.19. The third-order valence-corrected chi connectivity index (χ3v) is 2.38. The lowest BCUT2D eigenvalue weighted by Crippen LogP contribution is -2.33. The summed E-state index contributed by atoms with van der Waals surface area (Å²) < 4.78 is 4.37. The molecule has 16 heavy (non-hydrogen) atoms. The Morgan fingerprint density at radius 1 is 1.31 bits per heavy atom. The van der Waals surface area contributed by atoms with Crippen molar-refractivity contribution in [3.8, 4) is 0 Å². The molecule has 86 valence electrons. The van der Waals surface area contributed by atoms with Gasteiger partial charge in [0.25, 0.3) is 0 Å². The fourth-order valence-corrected chi connectivity index (χ4v) is 1.36. The first-order valence-electron chi connectivity index (χ1n) is 4.94. The molecule has 1 amide bonds. The van der Waals surface area contributed by atoms with E-state index in [1.165, 1.54) is 12.0 Å². The van der Waals surface area contributed by atoms with Crippen LogP contribution in [0.3, 0.4) is 0 Å². The van der Waals surface area contributed by atoms with Gasteiger partial charge in [-0.15, -0.1) is 0 Å². The van der Waals surface area contributed by atoms with Gasteiger partial charge in [-0.1, -0.05) is 24.3 Å². The van der Waals surface area contributed by atoms with E-state index in [1.807, 2.05) is 31.2 Å². The zero-order valence-electron chi connectivity index (χ0n) is 9.69. The van der Waals surface area contributed by atoms with Gasteiger partial charge in [-0.2, -0.15) is 0 Å². The highest BCUT2D eigenvalue weighted by Crippen LogP contribution is 2.09. The Kier molecular flexibility index (Phi) is 4.05. The summed E-state index contributed by atoms with van der Waals surface area (Å²) in [5.41, 5.74) is 2.11. The number of nitrogens with zero attached hydrogens (tertiary/aromatic N) is 1. The summed E-state index contributed by atoms with van der Waals surface area (Å²) in [6.07, 6.45) is 0. The number of likely N-dealkylation sites (N-methyl/N-ethyl adjacent to an activating group) is 1. The number of esters is 1. The summed E-state index contributed by atoms with van der Waals surface area (Å²) in [4.78, 5) is 23.8. The first-order valence-corrected chi connectivity index (χ1v) is 4.94. The highest BCUT2D eigenvalue weighted by atomic mass is 16.5. The molecule has 0 heterocycles. The van der Waals surface area contributed by atoms with E-state index in [-0.39, 0.29) is 0 Å². The van der Waals surface area contributed by atoms with Crippen LogP contribution in [-0.4, -0.2) is 30.9 Å². The maximum Gasteiger partial charge on any atom is 0.396 e. The zero-order chi connectivity index (χ0) is 12.1. The number of rotatable bonds is 2. The number of aryl methyl sites for hydroxylation is 1. The summed E-state index contributed by atoms with van der Waals surface area (Å²) in [6, 6.07) is 7.72. The predicted molar refractivity (Wildman–Crippen MR) is 59.7 cm³/mol. The van der Waals surface area contributed by atoms with E-state index in [0.29, 0.717) is 6.54 Å². The lowest BCUT2D eigenvalue weighted by molar-refractivity contribution is -0.157. The Hall–Kier alpha value is -1.84. The van der Waals surface area contributed by atoms with Gasteiger partial charge in [-0.3, -0.25) is 4.79 Å². The fourth-order valence-electron chi connectivity index (χ4n) is 1.36. The Bertz CT molecular complexity index is 401. The standard InChI is InChI=1S/C12H15NO3/c1-9-6-4-5-7-10(9)8-13(2)11(14)12(15)16-3/h4-7H,8H2,1-3H3. The van der Waals surface area contributed by atoms with Crippen molar-refractivity contribution in [3.05, 3.63) is 35.4 Å². The maximum atomic E-state index is 11.4. The molecular formula is C12H15NO3. The van der Waals surface area contributed by atoms with Crippen LogP contribution >= 0.6 is 0 Å².